The van der Waals surface area contributed by atoms with Gasteiger partial charge in [0.2, 0.25) is 0 Å². The fourth-order valence-electron chi connectivity index (χ4n) is 8.21. The van der Waals surface area contributed by atoms with E-state index in [0.717, 1.165) is 0 Å². The van der Waals surface area contributed by atoms with Crippen molar-refractivity contribution >= 4 is 54.6 Å². The second-order valence-electron chi connectivity index (χ2n) is 10.7. The molecule has 4 aliphatic rings. The molecule has 0 aromatic heterocycles. The highest BCUT2D eigenvalue weighted by molar-refractivity contribution is 6.37. The molecule has 0 N–H and O–H groups in total. The Morgan fingerprint density at radius 1 is 0.333 bits per heavy atom. The number of rotatable bonds is 0. The first kappa shape index (κ1) is 17.9. The lowest BCUT2D eigenvalue weighted by Crippen LogP contribution is -2.15. The summed E-state index contributed by atoms with van der Waals surface area (Å²) in [7, 11) is 0. The van der Waals surface area contributed by atoms with Crippen LogP contribution in [0, 0.1) is 0 Å². The van der Waals surface area contributed by atoms with E-state index < -0.39 is 0 Å². The van der Waals surface area contributed by atoms with Crippen molar-refractivity contribution in [3.8, 4) is 0 Å². The molecular formula is C36H20. The van der Waals surface area contributed by atoms with Gasteiger partial charge in [0.05, 0.1) is 0 Å². The Morgan fingerprint density at radius 3 is 1.14 bits per heavy atom. The normalized spacial score (nSPS) is 20.0. The summed E-state index contributed by atoms with van der Waals surface area (Å²) >= 11 is 0. The zero-order chi connectivity index (χ0) is 23.1. The molecule has 0 aliphatic heterocycles. The first-order valence-electron chi connectivity index (χ1n) is 13.0. The first-order valence-corrected chi connectivity index (χ1v) is 13.0. The van der Waals surface area contributed by atoms with E-state index in [0.29, 0.717) is 11.8 Å². The summed E-state index contributed by atoms with van der Waals surface area (Å²) in [5.41, 5.74) is 14.7. The molecule has 164 valence electrons. The van der Waals surface area contributed by atoms with Gasteiger partial charge in [0, 0.05) is 11.8 Å². The lowest BCUT2D eigenvalue weighted by molar-refractivity contribution is 0.800. The van der Waals surface area contributed by atoms with Crippen LogP contribution in [0.4, 0.5) is 0 Å². The molecule has 0 radical (unpaired) electrons. The summed E-state index contributed by atoms with van der Waals surface area (Å²) in [5.74, 6) is 0.671. The Bertz CT molecular complexity index is 1940. The van der Waals surface area contributed by atoms with E-state index in [1.807, 2.05) is 0 Å². The van der Waals surface area contributed by atoms with Gasteiger partial charge in [-0.3, -0.25) is 0 Å². The highest BCUT2D eigenvalue weighted by atomic mass is 14.5. The predicted octanol–water partition coefficient (Wildman–Crippen LogP) is 9.19. The lowest BCUT2D eigenvalue weighted by atomic mass is 9.69. The number of allylic oxidation sites excluding steroid dienone is 4. The predicted molar refractivity (Wildman–Crippen MR) is 151 cm³/mol. The molecule has 6 aromatic rings. The molecule has 2 unspecified atom stereocenters. The summed E-state index contributed by atoms with van der Waals surface area (Å²) in [4.78, 5) is 0. The fourth-order valence-corrected chi connectivity index (χ4v) is 8.21. The lowest BCUT2D eigenvalue weighted by Gasteiger charge is -2.33. The van der Waals surface area contributed by atoms with Crippen molar-refractivity contribution in [2.45, 2.75) is 11.8 Å². The molecule has 0 heteroatoms. The number of hydrogen-bond donors (Lipinski definition) is 0. The molecule has 0 saturated heterocycles. The van der Waals surface area contributed by atoms with E-state index in [-0.39, 0.29) is 0 Å². The molecule has 0 saturated carbocycles. The summed E-state index contributed by atoms with van der Waals surface area (Å²) in [5, 5.41) is 8.40. The van der Waals surface area contributed by atoms with Crippen LogP contribution in [0.2, 0.25) is 0 Å². The zero-order valence-electron chi connectivity index (χ0n) is 19.5. The Labute approximate surface area is 208 Å². The van der Waals surface area contributed by atoms with Gasteiger partial charge in [0.25, 0.3) is 0 Å². The van der Waals surface area contributed by atoms with Gasteiger partial charge >= 0.3 is 0 Å². The monoisotopic (exact) mass is 452 g/mol. The van der Waals surface area contributed by atoms with Crippen LogP contribution in [0.5, 0.6) is 0 Å². The molecule has 0 fully saturated rings. The summed E-state index contributed by atoms with van der Waals surface area (Å²) in [6.07, 6.45) is 0. The Hall–Kier alpha value is -4.42. The van der Waals surface area contributed by atoms with Gasteiger partial charge in [-0.05, 0) is 88.0 Å². The maximum Gasteiger partial charge on any atom is 0.0218 e. The Morgan fingerprint density at radius 2 is 0.694 bits per heavy atom. The third-order valence-electron chi connectivity index (χ3n) is 9.31. The van der Waals surface area contributed by atoms with Gasteiger partial charge in [0.15, 0.2) is 0 Å². The van der Waals surface area contributed by atoms with Crippen LogP contribution in [-0.2, 0) is 0 Å². The van der Waals surface area contributed by atoms with E-state index in [2.05, 4.69) is 109 Å². The third kappa shape index (κ3) is 1.81. The summed E-state index contributed by atoms with van der Waals surface area (Å²) in [6.45, 7) is 0. The standard InChI is InChI=1S/C36H20/c1-7-19-8-2-14-23-28(19)22(13-1)31-32(23)34-26-17-5-11-21-12-6-18-27(30(21)26)36(34)35-25-16-4-10-20-9-3-15-24(29(20)25)33(31)35/h1-18,31,33H. The molecule has 0 amide bonds. The molecule has 0 spiro atoms. The van der Waals surface area contributed by atoms with Gasteiger partial charge in [-0.15, -0.1) is 0 Å². The van der Waals surface area contributed by atoms with Crippen molar-refractivity contribution in [2.75, 3.05) is 0 Å². The van der Waals surface area contributed by atoms with Crippen LogP contribution in [0.15, 0.2) is 109 Å². The zero-order valence-corrected chi connectivity index (χ0v) is 19.5. The highest BCUT2D eigenvalue weighted by Crippen LogP contribution is 2.69. The molecule has 36 heavy (non-hydrogen) atoms. The van der Waals surface area contributed by atoms with Crippen LogP contribution in [0.25, 0.3) is 54.6 Å². The molecule has 10 rings (SSSR count). The maximum absolute atomic E-state index is 2.40. The smallest absolute Gasteiger partial charge is 0.0218 e. The van der Waals surface area contributed by atoms with Gasteiger partial charge in [-0.1, -0.05) is 109 Å². The van der Waals surface area contributed by atoms with E-state index in [4.69, 9.17) is 0 Å². The minimum absolute atomic E-state index is 0.336. The molecular weight excluding hydrogens is 432 g/mol. The van der Waals surface area contributed by atoms with Gasteiger partial charge in [-0.2, -0.15) is 0 Å². The molecule has 2 atom stereocenters. The molecule has 0 bridgehead atoms. The molecule has 0 nitrogen and oxygen atoms in total. The largest absolute Gasteiger partial charge is 0.0613 e. The first-order chi connectivity index (χ1) is 17.9. The minimum Gasteiger partial charge on any atom is -0.0613 e. The molecule has 0 heterocycles. The number of benzene rings is 6. The summed E-state index contributed by atoms with van der Waals surface area (Å²) < 4.78 is 0. The number of fused-ring (bicyclic) bond motifs is 10. The van der Waals surface area contributed by atoms with Crippen molar-refractivity contribution in [1.29, 1.82) is 0 Å². The maximum atomic E-state index is 2.40. The van der Waals surface area contributed by atoms with E-state index in [1.165, 1.54) is 76.8 Å². The molecule has 4 aliphatic carbocycles. The van der Waals surface area contributed by atoms with Gasteiger partial charge < -0.3 is 0 Å². The summed E-state index contributed by atoms with van der Waals surface area (Å²) in [6, 6.07) is 41.5. The van der Waals surface area contributed by atoms with Crippen LogP contribution >= 0.6 is 0 Å². The SMILES string of the molecule is c1cc2c3c(cccc3c1)C1=C3c4cccc5cccc(c45)C3C3C(=C12)c1cccc2cccc3c12. The van der Waals surface area contributed by atoms with Crippen LogP contribution in [0.3, 0.4) is 0 Å². The van der Waals surface area contributed by atoms with Crippen molar-refractivity contribution < 1.29 is 0 Å². The van der Waals surface area contributed by atoms with Crippen LogP contribution in [-0.4, -0.2) is 0 Å². The van der Waals surface area contributed by atoms with Crippen molar-refractivity contribution in [1.82, 2.24) is 0 Å². The topological polar surface area (TPSA) is 0 Å². The van der Waals surface area contributed by atoms with Crippen LogP contribution < -0.4 is 0 Å². The average Bonchev–Trinajstić information content (AvgIpc) is 3.55. The quantitative estimate of drug-likeness (QED) is 0.215. The second kappa shape index (κ2) is 5.86. The van der Waals surface area contributed by atoms with E-state index >= 15 is 0 Å². The number of hydrogen-bond acceptors (Lipinski definition) is 0. The van der Waals surface area contributed by atoms with E-state index in [1.54, 1.807) is 11.1 Å². The highest BCUT2D eigenvalue weighted by Gasteiger charge is 2.49. The molecule has 6 aromatic carbocycles. The minimum atomic E-state index is 0.336. The second-order valence-corrected chi connectivity index (χ2v) is 10.7. The van der Waals surface area contributed by atoms with Crippen molar-refractivity contribution in [3.63, 3.8) is 0 Å². The average molecular weight is 453 g/mol. The Kier molecular flexibility index (Phi) is 2.92. The van der Waals surface area contributed by atoms with E-state index in [9.17, 15) is 0 Å². The van der Waals surface area contributed by atoms with Crippen molar-refractivity contribution in [2.24, 2.45) is 0 Å². The fraction of sp³-hybridized carbons (Fsp3) is 0.0556. The van der Waals surface area contributed by atoms with Gasteiger partial charge in [-0.25, -0.2) is 0 Å². The van der Waals surface area contributed by atoms with Gasteiger partial charge in [0.1, 0.15) is 0 Å². The Balaban J connectivity index is 1.48. The van der Waals surface area contributed by atoms with Crippen LogP contribution in [0.1, 0.15) is 45.2 Å². The van der Waals surface area contributed by atoms with Crippen molar-refractivity contribution in [3.05, 3.63) is 143 Å². The third-order valence-corrected chi connectivity index (χ3v) is 9.31.